The molecule has 0 spiro atoms. The lowest BCUT2D eigenvalue weighted by atomic mass is 10.0. The fraction of sp³-hybridized carbons (Fsp3) is 0.455. The second kappa shape index (κ2) is 6.89. The SMILES string of the molecule is CC(=O)NCCC(O)C(O)c1ccc(Cl)nc1Cl. The first-order valence-electron chi connectivity index (χ1n) is 5.34. The van der Waals surface area contributed by atoms with E-state index in [4.69, 9.17) is 23.2 Å². The molecule has 1 aromatic heterocycles. The second-order valence-electron chi connectivity index (χ2n) is 3.80. The van der Waals surface area contributed by atoms with Crippen molar-refractivity contribution in [3.05, 3.63) is 28.0 Å². The maximum absolute atomic E-state index is 10.7. The van der Waals surface area contributed by atoms with Gasteiger partial charge in [-0.3, -0.25) is 4.79 Å². The van der Waals surface area contributed by atoms with Crippen LogP contribution in [0, 0.1) is 0 Å². The molecule has 1 rings (SSSR count). The minimum atomic E-state index is -1.17. The number of carbonyl (C=O) groups excluding carboxylic acids is 1. The molecule has 1 heterocycles. The number of aromatic nitrogens is 1. The third-order valence-corrected chi connectivity index (χ3v) is 2.85. The Morgan fingerprint density at radius 1 is 1.44 bits per heavy atom. The summed E-state index contributed by atoms with van der Waals surface area (Å²) in [4.78, 5) is 14.4. The van der Waals surface area contributed by atoms with E-state index >= 15 is 0 Å². The Bertz CT molecular complexity index is 429. The normalized spacial score (nSPS) is 14.1. The summed E-state index contributed by atoms with van der Waals surface area (Å²) in [6.45, 7) is 1.65. The van der Waals surface area contributed by atoms with Gasteiger partial charge in [-0.15, -0.1) is 0 Å². The van der Waals surface area contributed by atoms with Crippen molar-refractivity contribution in [3.63, 3.8) is 0 Å². The highest BCUT2D eigenvalue weighted by molar-refractivity contribution is 6.32. The number of amides is 1. The van der Waals surface area contributed by atoms with Crippen LogP contribution in [0.5, 0.6) is 0 Å². The highest BCUT2D eigenvalue weighted by Gasteiger charge is 2.21. The summed E-state index contributed by atoms with van der Waals surface area (Å²) in [5.74, 6) is -0.192. The average molecular weight is 293 g/mol. The van der Waals surface area contributed by atoms with Gasteiger partial charge in [-0.1, -0.05) is 29.3 Å². The zero-order chi connectivity index (χ0) is 13.7. The Kier molecular flexibility index (Phi) is 5.81. The fourth-order valence-electron chi connectivity index (χ4n) is 1.40. The zero-order valence-corrected chi connectivity index (χ0v) is 11.2. The van der Waals surface area contributed by atoms with Crippen LogP contribution >= 0.6 is 23.2 Å². The van der Waals surface area contributed by atoms with Crippen molar-refractivity contribution in [1.82, 2.24) is 10.3 Å². The Morgan fingerprint density at radius 3 is 2.67 bits per heavy atom. The molecule has 0 aliphatic rings. The number of pyridine rings is 1. The smallest absolute Gasteiger partial charge is 0.216 e. The molecule has 7 heteroatoms. The van der Waals surface area contributed by atoms with Crippen LogP contribution in [0.1, 0.15) is 25.0 Å². The van der Waals surface area contributed by atoms with Crippen molar-refractivity contribution in [3.8, 4) is 0 Å². The van der Waals surface area contributed by atoms with Gasteiger partial charge < -0.3 is 15.5 Å². The van der Waals surface area contributed by atoms with Crippen LogP contribution in [0.15, 0.2) is 12.1 Å². The van der Waals surface area contributed by atoms with Crippen LogP contribution in [-0.2, 0) is 4.79 Å². The van der Waals surface area contributed by atoms with Gasteiger partial charge in [0, 0.05) is 19.0 Å². The molecule has 0 radical (unpaired) electrons. The summed E-state index contributed by atoms with van der Waals surface area (Å²) in [5.41, 5.74) is 0.302. The Balaban J connectivity index is 2.62. The van der Waals surface area contributed by atoms with E-state index < -0.39 is 12.2 Å². The van der Waals surface area contributed by atoms with Crippen LogP contribution in [-0.4, -0.2) is 33.8 Å². The highest BCUT2D eigenvalue weighted by atomic mass is 35.5. The van der Waals surface area contributed by atoms with Crippen molar-refractivity contribution < 1.29 is 15.0 Å². The molecular formula is C11H14Cl2N2O3. The Morgan fingerprint density at radius 2 is 2.11 bits per heavy atom. The van der Waals surface area contributed by atoms with E-state index in [0.29, 0.717) is 5.56 Å². The number of rotatable bonds is 5. The van der Waals surface area contributed by atoms with Gasteiger partial charge in [-0.2, -0.15) is 0 Å². The lowest BCUT2D eigenvalue weighted by Crippen LogP contribution is -2.27. The first-order valence-corrected chi connectivity index (χ1v) is 6.10. The average Bonchev–Trinajstić information content (AvgIpc) is 2.27. The van der Waals surface area contributed by atoms with E-state index in [-0.39, 0.29) is 29.2 Å². The third kappa shape index (κ3) is 4.42. The number of nitrogens with zero attached hydrogens (tertiary/aromatic N) is 1. The molecular weight excluding hydrogens is 279 g/mol. The van der Waals surface area contributed by atoms with Gasteiger partial charge in [-0.25, -0.2) is 4.98 Å². The van der Waals surface area contributed by atoms with Crippen molar-refractivity contribution in [2.75, 3.05) is 6.54 Å². The number of nitrogens with one attached hydrogen (secondary N) is 1. The molecule has 100 valence electrons. The summed E-state index contributed by atoms with van der Waals surface area (Å²) in [6, 6.07) is 2.98. The third-order valence-electron chi connectivity index (χ3n) is 2.34. The predicted octanol–water partition coefficient (Wildman–Crippen LogP) is 1.31. The molecule has 3 N–H and O–H groups in total. The number of hydrogen-bond donors (Lipinski definition) is 3. The second-order valence-corrected chi connectivity index (χ2v) is 4.54. The van der Waals surface area contributed by atoms with Gasteiger partial charge in [0.2, 0.25) is 5.91 Å². The van der Waals surface area contributed by atoms with E-state index in [2.05, 4.69) is 10.3 Å². The van der Waals surface area contributed by atoms with Gasteiger partial charge in [0.1, 0.15) is 16.4 Å². The molecule has 2 unspecified atom stereocenters. The summed E-state index contributed by atoms with van der Waals surface area (Å²) in [7, 11) is 0. The molecule has 0 bridgehead atoms. The minimum absolute atomic E-state index is 0.0496. The van der Waals surface area contributed by atoms with Crippen LogP contribution in [0.2, 0.25) is 10.3 Å². The largest absolute Gasteiger partial charge is 0.390 e. The molecule has 1 amide bonds. The Hall–Kier alpha value is -0.880. The van der Waals surface area contributed by atoms with Gasteiger partial charge in [0.15, 0.2) is 0 Å². The lowest BCUT2D eigenvalue weighted by Gasteiger charge is -2.18. The van der Waals surface area contributed by atoms with E-state index in [0.717, 1.165) is 0 Å². The molecule has 0 fully saturated rings. The van der Waals surface area contributed by atoms with Crippen LogP contribution in [0.25, 0.3) is 0 Å². The molecule has 0 aliphatic heterocycles. The standard InChI is InChI=1S/C11H14Cl2N2O3/c1-6(16)14-5-4-8(17)10(18)7-2-3-9(12)15-11(7)13/h2-3,8,10,17-18H,4-5H2,1H3,(H,14,16). The maximum Gasteiger partial charge on any atom is 0.216 e. The zero-order valence-electron chi connectivity index (χ0n) is 9.73. The quantitative estimate of drug-likeness (QED) is 0.715. The molecule has 5 nitrogen and oxygen atoms in total. The van der Waals surface area contributed by atoms with Crippen LogP contribution in [0.3, 0.4) is 0 Å². The van der Waals surface area contributed by atoms with Gasteiger partial charge >= 0.3 is 0 Å². The van der Waals surface area contributed by atoms with Crippen molar-refractivity contribution in [2.24, 2.45) is 0 Å². The molecule has 1 aromatic rings. The molecule has 0 aliphatic carbocycles. The predicted molar refractivity (Wildman–Crippen MR) is 68.5 cm³/mol. The summed E-state index contributed by atoms with van der Waals surface area (Å²) in [6.07, 6.45) is -2.01. The fourth-order valence-corrected chi connectivity index (χ4v) is 1.86. The van der Waals surface area contributed by atoms with Crippen molar-refractivity contribution in [2.45, 2.75) is 25.6 Å². The summed E-state index contributed by atoms with van der Waals surface area (Å²) < 4.78 is 0. The summed E-state index contributed by atoms with van der Waals surface area (Å²) in [5, 5.41) is 22.4. The van der Waals surface area contributed by atoms with Gasteiger partial charge in [-0.05, 0) is 12.5 Å². The maximum atomic E-state index is 10.7. The molecule has 0 saturated heterocycles. The number of aliphatic hydroxyl groups excluding tert-OH is 2. The van der Waals surface area contributed by atoms with E-state index in [1.54, 1.807) is 0 Å². The molecule has 0 saturated carbocycles. The van der Waals surface area contributed by atoms with Crippen LogP contribution in [0.4, 0.5) is 0 Å². The number of halogens is 2. The first kappa shape index (κ1) is 15.2. The first-order chi connectivity index (χ1) is 8.41. The lowest BCUT2D eigenvalue weighted by molar-refractivity contribution is -0.119. The number of hydrogen-bond acceptors (Lipinski definition) is 4. The van der Waals surface area contributed by atoms with Crippen molar-refractivity contribution >= 4 is 29.1 Å². The molecule has 18 heavy (non-hydrogen) atoms. The van der Waals surface area contributed by atoms with E-state index in [1.165, 1.54) is 19.1 Å². The van der Waals surface area contributed by atoms with E-state index in [1.807, 2.05) is 0 Å². The van der Waals surface area contributed by atoms with Crippen LogP contribution < -0.4 is 5.32 Å². The van der Waals surface area contributed by atoms with Gasteiger partial charge in [0.25, 0.3) is 0 Å². The van der Waals surface area contributed by atoms with Gasteiger partial charge in [0.05, 0.1) is 6.10 Å². The monoisotopic (exact) mass is 292 g/mol. The Labute approximate surface area is 115 Å². The highest BCUT2D eigenvalue weighted by Crippen LogP contribution is 2.26. The molecule has 0 aromatic carbocycles. The van der Waals surface area contributed by atoms with E-state index in [9.17, 15) is 15.0 Å². The number of aliphatic hydroxyl groups is 2. The summed E-state index contributed by atoms with van der Waals surface area (Å²) >= 11 is 11.4. The number of carbonyl (C=O) groups is 1. The molecule has 2 atom stereocenters. The van der Waals surface area contributed by atoms with Crippen molar-refractivity contribution in [1.29, 1.82) is 0 Å². The minimum Gasteiger partial charge on any atom is -0.390 e. The topological polar surface area (TPSA) is 82.5 Å².